The first kappa shape index (κ1) is 32.6. The van der Waals surface area contributed by atoms with Crippen LogP contribution in [0, 0.1) is 10.1 Å². The van der Waals surface area contributed by atoms with Crippen LogP contribution in [0.3, 0.4) is 0 Å². The summed E-state index contributed by atoms with van der Waals surface area (Å²) >= 11 is 0. The van der Waals surface area contributed by atoms with Crippen molar-refractivity contribution in [2.75, 3.05) is 0 Å². The number of hydrogen-bond acceptors (Lipinski definition) is 4. The third-order valence-corrected chi connectivity index (χ3v) is 9.90. The summed E-state index contributed by atoms with van der Waals surface area (Å²) in [5.41, 5.74) is 13.8. The van der Waals surface area contributed by atoms with Crippen LogP contribution in [-0.2, 0) is 21.1 Å². The molecule has 7 aromatic rings. The van der Waals surface area contributed by atoms with Crippen molar-refractivity contribution in [3.05, 3.63) is 155 Å². The van der Waals surface area contributed by atoms with Gasteiger partial charge in [0.15, 0.2) is 37.2 Å². The van der Waals surface area contributed by atoms with Crippen molar-refractivity contribution < 1.29 is 18.6 Å². The van der Waals surface area contributed by atoms with Crippen molar-refractivity contribution >= 4 is 52.1 Å². The second kappa shape index (κ2) is 13.0. The molecular formula is C44H35N8O2+3. The molecule has 0 amide bonds. The van der Waals surface area contributed by atoms with Crippen LogP contribution >= 0.6 is 0 Å². The molecule has 2 aliphatic rings. The molecule has 54 heavy (non-hydrogen) atoms. The van der Waals surface area contributed by atoms with Gasteiger partial charge < -0.3 is 9.97 Å². The lowest BCUT2D eigenvalue weighted by atomic mass is 10.0. The van der Waals surface area contributed by atoms with Crippen LogP contribution in [0.4, 0.5) is 5.69 Å². The molecule has 8 bridgehead atoms. The molecule has 260 valence electrons. The van der Waals surface area contributed by atoms with Crippen LogP contribution in [0.5, 0.6) is 0 Å². The van der Waals surface area contributed by atoms with E-state index in [1.807, 2.05) is 90.2 Å². The Morgan fingerprint density at radius 1 is 0.481 bits per heavy atom. The molecule has 6 aromatic heterocycles. The second-order valence-corrected chi connectivity index (χ2v) is 13.6. The van der Waals surface area contributed by atoms with E-state index in [9.17, 15) is 10.1 Å². The smallest absolute Gasteiger partial charge is 0.270 e. The summed E-state index contributed by atoms with van der Waals surface area (Å²) in [5.74, 6) is 0. The fraction of sp³-hybridized carbons (Fsp3) is 0.0682. The van der Waals surface area contributed by atoms with Crippen molar-refractivity contribution in [3.8, 4) is 44.5 Å². The Bertz CT molecular complexity index is 2720. The Balaban J connectivity index is 1.47. The summed E-state index contributed by atoms with van der Waals surface area (Å²) in [6, 6.07) is 27.5. The number of nitro groups is 1. The first-order chi connectivity index (χ1) is 26.3. The van der Waals surface area contributed by atoms with Crippen molar-refractivity contribution in [2.45, 2.75) is 0 Å². The molecule has 2 aliphatic heterocycles. The van der Waals surface area contributed by atoms with Gasteiger partial charge in [0.05, 0.1) is 27.7 Å². The predicted octanol–water partition coefficient (Wildman–Crippen LogP) is 7.71. The van der Waals surface area contributed by atoms with Gasteiger partial charge in [-0.1, -0.05) is 12.1 Å². The minimum absolute atomic E-state index is 0.0146. The molecule has 0 unspecified atom stereocenters. The number of aromatic nitrogens is 7. The minimum Gasteiger partial charge on any atom is -0.354 e. The zero-order valence-corrected chi connectivity index (χ0v) is 29.9. The maximum atomic E-state index is 12.0. The van der Waals surface area contributed by atoms with Gasteiger partial charge in [0, 0.05) is 92.9 Å². The monoisotopic (exact) mass is 707 g/mol. The molecule has 8 heterocycles. The standard InChI is InChI=1S/C44H34N8O2/c1-49-21-15-28(16-22-49)41-33-7-9-35(45-33)42(29-17-23-50(2)24-18-29)37-11-13-39(47-37)44(31-5-4-6-32(27-31)52(53)54)40-14-12-38(48-40)43(36-10-8-34(41)46-36)30-19-25-51(3)26-20-30/h4-27H,1-3H3,(H,45,46,47,48)/q+2/p+1. The maximum Gasteiger partial charge on any atom is 0.270 e. The van der Waals surface area contributed by atoms with E-state index >= 15 is 0 Å². The fourth-order valence-corrected chi connectivity index (χ4v) is 7.20. The summed E-state index contributed by atoms with van der Waals surface area (Å²) in [4.78, 5) is 29.7. The molecule has 9 rings (SSSR count). The Labute approximate surface area is 310 Å². The third kappa shape index (κ3) is 5.85. The molecule has 0 radical (unpaired) electrons. The molecule has 0 saturated carbocycles. The van der Waals surface area contributed by atoms with Gasteiger partial charge in [0.2, 0.25) is 0 Å². The highest BCUT2D eigenvalue weighted by atomic mass is 16.6. The Morgan fingerprint density at radius 3 is 1.26 bits per heavy atom. The largest absolute Gasteiger partial charge is 0.354 e. The van der Waals surface area contributed by atoms with E-state index in [1.54, 1.807) is 12.1 Å². The maximum absolute atomic E-state index is 12.0. The summed E-state index contributed by atoms with van der Waals surface area (Å²) in [5, 5.41) is 12.0. The number of pyridine rings is 3. The number of rotatable bonds is 5. The first-order valence-electron chi connectivity index (χ1n) is 17.6. The molecule has 0 saturated heterocycles. The number of fused-ring (bicyclic) bond motifs is 8. The van der Waals surface area contributed by atoms with E-state index in [0.29, 0.717) is 5.56 Å². The van der Waals surface area contributed by atoms with Crippen LogP contribution in [0.25, 0.3) is 90.9 Å². The molecule has 2 N–H and O–H groups in total. The van der Waals surface area contributed by atoms with Gasteiger partial charge in [-0.15, -0.1) is 0 Å². The number of H-pyrrole nitrogens is 2. The number of aromatic amines is 2. The summed E-state index contributed by atoms with van der Waals surface area (Å²) in [6.45, 7) is 0. The SMILES string of the molecule is C[n+]1ccc(-c2c3nc(c(-c4cc[n+](C)cc4)c4ccc([nH]4)c(-c4cccc([N+](=O)[O-])c4)c4ccc([nH]4)c(-c4cc[n+](C)cc4)c4nc2C=C4)C=C3)cc1. The van der Waals surface area contributed by atoms with Gasteiger partial charge in [-0.05, 0) is 70.8 Å². The van der Waals surface area contributed by atoms with Gasteiger partial charge >= 0.3 is 0 Å². The number of hydrogen-bond donors (Lipinski definition) is 2. The van der Waals surface area contributed by atoms with Gasteiger partial charge in [-0.3, -0.25) is 10.1 Å². The molecule has 10 nitrogen and oxygen atoms in total. The zero-order chi connectivity index (χ0) is 36.9. The Morgan fingerprint density at radius 2 is 0.852 bits per heavy atom. The van der Waals surface area contributed by atoms with E-state index < -0.39 is 0 Å². The lowest BCUT2D eigenvalue weighted by Crippen LogP contribution is -2.25. The highest BCUT2D eigenvalue weighted by Crippen LogP contribution is 2.38. The first-order valence-corrected chi connectivity index (χ1v) is 17.6. The fourth-order valence-electron chi connectivity index (χ4n) is 7.20. The summed E-state index contributed by atoms with van der Waals surface area (Å²) in [7, 11) is 5.99. The van der Waals surface area contributed by atoms with Gasteiger partial charge in [-0.2, -0.15) is 0 Å². The average Bonchev–Trinajstić information content (AvgIpc) is 4.02. The summed E-state index contributed by atoms with van der Waals surface area (Å²) < 4.78 is 6.02. The molecule has 0 atom stereocenters. The quantitative estimate of drug-likeness (QED) is 0.108. The molecule has 0 fully saturated rings. The van der Waals surface area contributed by atoms with E-state index in [1.165, 1.54) is 6.07 Å². The Kier molecular flexibility index (Phi) is 7.85. The lowest BCUT2D eigenvalue weighted by molar-refractivity contribution is -0.671. The van der Waals surface area contributed by atoms with E-state index in [4.69, 9.17) is 9.97 Å². The van der Waals surface area contributed by atoms with Crippen LogP contribution in [0.15, 0.2) is 122 Å². The number of nitro benzene ring substituents is 1. The number of non-ortho nitro benzene ring substituents is 1. The van der Waals surface area contributed by atoms with E-state index in [2.05, 4.69) is 82.8 Å². The molecule has 0 aliphatic carbocycles. The van der Waals surface area contributed by atoms with Crippen LogP contribution < -0.4 is 13.7 Å². The average molecular weight is 708 g/mol. The van der Waals surface area contributed by atoms with Gasteiger partial charge in [0.1, 0.15) is 21.1 Å². The van der Waals surface area contributed by atoms with Crippen LogP contribution in [-0.4, -0.2) is 24.9 Å². The van der Waals surface area contributed by atoms with Gasteiger partial charge in [-0.25, -0.2) is 23.7 Å². The number of nitrogens with zero attached hydrogens (tertiary/aromatic N) is 6. The van der Waals surface area contributed by atoms with Crippen LogP contribution in [0.2, 0.25) is 0 Å². The highest BCUT2D eigenvalue weighted by Gasteiger charge is 2.21. The predicted molar refractivity (Wildman–Crippen MR) is 211 cm³/mol. The Hall–Kier alpha value is -7.33. The second-order valence-electron chi connectivity index (χ2n) is 13.6. The number of nitrogens with one attached hydrogen (secondary N) is 2. The molecule has 1 aromatic carbocycles. The highest BCUT2D eigenvalue weighted by molar-refractivity contribution is 6.00. The minimum atomic E-state index is -0.361. The third-order valence-electron chi connectivity index (χ3n) is 9.90. The van der Waals surface area contributed by atoms with Crippen molar-refractivity contribution in [3.63, 3.8) is 0 Å². The van der Waals surface area contributed by atoms with Crippen molar-refractivity contribution in [2.24, 2.45) is 21.1 Å². The normalized spacial score (nSPS) is 12.0. The van der Waals surface area contributed by atoms with Crippen molar-refractivity contribution in [1.82, 2.24) is 19.9 Å². The summed E-state index contributed by atoms with van der Waals surface area (Å²) in [6.07, 6.45) is 20.4. The molecule has 0 spiro atoms. The van der Waals surface area contributed by atoms with Crippen molar-refractivity contribution in [1.29, 1.82) is 0 Å². The van der Waals surface area contributed by atoms with E-state index in [-0.39, 0.29) is 10.6 Å². The number of aryl methyl sites for hydroxylation is 3. The molecule has 10 heteroatoms. The topological polar surface area (TPSA) is 112 Å². The van der Waals surface area contributed by atoms with Gasteiger partial charge in [0.25, 0.3) is 5.69 Å². The van der Waals surface area contributed by atoms with E-state index in [0.717, 1.165) is 83.8 Å². The lowest BCUT2D eigenvalue weighted by Gasteiger charge is -2.06. The molecular weight excluding hydrogens is 673 g/mol. The number of benzene rings is 1. The zero-order valence-electron chi connectivity index (χ0n) is 29.9. The van der Waals surface area contributed by atoms with Crippen LogP contribution in [0.1, 0.15) is 22.8 Å².